The molecule has 0 saturated carbocycles. The number of nitriles is 2. The number of hydrogen-bond acceptors (Lipinski definition) is 2. The van der Waals surface area contributed by atoms with Crippen LogP contribution in [0.1, 0.15) is 38.9 Å². The number of rotatable bonds is 0. The van der Waals surface area contributed by atoms with E-state index < -0.39 is 0 Å². The first kappa shape index (κ1) is 16.5. The van der Waals surface area contributed by atoms with E-state index in [0.717, 1.165) is 33.4 Å². The highest BCUT2D eigenvalue weighted by Gasteiger charge is 2.00. The Morgan fingerprint density at radius 1 is 0.667 bits per heavy atom. The van der Waals surface area contributed by atoms with Crippen molar-refractivity contribution < 1.29 is 0 Å². The van der Waals surface area contributed by atoms with E-state index in [1.807, 2.05) is 65.0 Å². The minimum atomic E-state index is 0.808. The van der Waals surface area contributed by atoms with Crippen molar-refractivity contribution in [1.29, 1.82) is 10.5 Å². The lowest BCUT2D eigenvalue weighted by molar-refractivity contribution is 1.28. The van der Waals surface area contributed by atoms with Crippen molar-refractivity contribution >= 4 is 0 Å². The highest BCUT2D eigenvalue weighted by Crippen LogP contribution is 2.14. The molecule has 0 N–H and O–H groups in total. The topological polar surface area (TPSA) is 47.6 Å². The summed E-state index contributed by atoms with van der Waals surface area (Å²) in [6.45, 7) is 9.88. The number of benzene rings is 2. The second-order valence-electron chi connectivity index (χ2n) is 5.26. The van der Waals surface area contributed by atoms with E-state index in [-0.39, 0.29) is 0 Å². The van der Waals surface area contributed by atoms with Crippen molar-refractivity contribution in [1.82, 2.24) is 0 Å². The first-order valence-electron chi connectivity index (χ1n) is 6.85. The molecule has 2 aromatic carbocycles. The van der Waals surface area contributed by atoms with Crippen LogP contribution in [-0.2, 0) is 0 Å². The molecule has 2 aromatic rings. The van der Waals surface area contributed by atoms with E-state index in [0.29, 0.717) is 0 Å². The van der Waals surface area contributed by atoms with Gasteiger partial charge in [-0.2, -0.15) is 10.5 Å². The van der Waals surface area contributed by atoms with Gasteiger partial charge in [0.05, 0.1) is 23.3 Å². The van der Waals surface area contributed by atoms with Gasteiger partial charge >= 0.3 is 0 Å². The van der Waals surface area contributed by atoms with Crippen LogP contribution in [-0.4, -0.2) is 0 Å². The Kier molecular flexibility index (Phi) is 5.70. The standard InChI is InChI=1S/C10H11N.C9H9N/c1-7-4-8(2)10(6-11)9(3)5-7;1-7-4-3-5-8(2)9(7)6-10/h4-5H,1-3H3;3-5H,1-2H3. The van der Waals surface area contributed by atoms with Crippen LogP contribution in [0.25, 0.3) is 0 Å². The molecule has 0 aliphatic carbocycles. The van der Waals surface area contributed by atoms with E-state index in [1.54, 1.807) is 0 Å². The van der Waals surface area contributed by atoms with Gasteiger partial charge in [0.25, 0.3) is 0 Å². The lowest BCUT2D eigenvalue weighted by Gasteiger charge is -2.02. The molecule has 0 radical (unpaired) electrons. The van der Waals surface area contributed by atoms with Gasteiger partial charge in [-0.15, -0.1) is 0 Å². The third kappa shape index (κ3) is 4.20. The summed E-state index contributed by atoms with van der Waals surface area (Å²) in [5, 5.41) is 17.4. The molecule has 21 heavy (non-hydrogen) atoms. The second kappa shape index (κ2) is 7.27. The predicted molar refractivity (Wildman–Crippen MR) is 86.0 cm³/mol. The Labute approximate surface area is 127 Å². The van der Waals surface area contributed by atoms with Crippen LogP contribution in [0.3, 0.4) is 0 Å². The van der Waals surface area contributed by atoms with E-state index >= 15 is 0 Å². The summed E-state index contributed by atoms with van der Waals surface area (Å²) in [7, 11) is 0. The van der Waals surface area contributed by atoms with E-state index in [1.165, 1.54) is 5.56 Å². The first-order chi connectivity index (χ1) is 9.90. The van der Waals surface area contributed by atoms with Crippen molar-refractivity contribution in [2.75, 3.05) is 0 Å². The van der Waals surface area contributed by atoms with Crippen molar-refractivity contribution in [3.05, 3.63) is 69.3 Å². The van der Waals surface area contributed by atoms with Gasteiger partial charge in [-0.25, -0.2) is 0 Å². The summed E-state index contributed by atoms with van der Waals surface area (Å²) < 4.78 is 0. The summed E-state index contributed by atoms with van der Waals surface area (Å²) >= 11 is 0. The third-order valence-electron chi connectivity index (χ3n) is 3.38. The fraction of sp³-hybridized carbons (Fsp3) is 0.263. The second-order valence-corrected chi connectivity index (χ2v) is 5.26. The molecule has 2 rings (SSSR count). The molecule has 0 atom stereocenters. The van der Waals surface area contributed by atoms with Gasteiger partial charge in [-0.05, 0) is 56.9 Å². The summed E-state index contributed by atoms with van der Waals surface area (Å²) in [4.78, 5) is 0. The zero-order valence-corrected chi connectivity index (χ0v) is 13.3. The van der Waals surface area contributed by atoms with E-state index in [9.17, 15) is 0 Å². The zero-order valence-electron chi connectivity index (χ0n) is 13.3. The molecular weight excluding hydrogens is 256 g/mol. The Bertz CT molecular complexity index is 685. The van der Waals surface area contributed by atoms with Crippen LogP contribution in [0, 0.1) is 57.3 Å². The quantitative estimate of drug-likeness (QED) is 0.702. The Balaban J connectivity index is 0.000000211. The highest BCUT2D eigenvalue weighted by molar-refractivity contribution is 5.45. The molecule has 0 amide bonds. The van der Waals surface area contributed by atoms with Crippen LogP contribution in [0.5, 0.6) is 0 Å². The third-order valence-corrected chi connectivity index (χ3v) is 3.38. The van der Waals surface area contributed by atoms with E-state index in [4.69, 9.17) is 10.5 Å². The van der Waals surface area contributed by atoms with Gasteiger partial charge in [0.1, 0.15) is 0 Å². The van der Waals surface area contributed by atoms with Crippen molar-refractivity contribution in [3.63, 3.8) is 0 Å². The first-order valence-corrected chi connectivity index (χ1v) is 6.85. The average Bonchev–Trinajstić information content (AvgIpc) is 2.39. The maximum Gasteiger partial charge on any atom is 0.0997 e. The molecule has 0 fully saturated rings. The van der Waals surface area contributed by atoms with Crippen molar-refractivity contribution in [3.8, 4) is 12.1 Å². The smallest absolute Gasteiger partial charge is 0.0997 e. The molecule has 0 aliphatic heterocycles. The monoisotopic (exact) mass is 276 g/mol. The highest BCUT2D eigenvalue weighted by atomic mass is 14.2. The Morgan fingerprint density at radius 2 is 1.05 bits per heavy atom. The van der Waals surface area contributed by atoms with Crippen LogP contribution in [0.15, 0.2) is 30.3 Å². The average molecular weight is 276 g/mol. The molecule has 2 nitrogen and oxygen atoms in total. The normalized spacial score (nSPS) is 9.10. The number of aryl methyl sites for hydroxylation is 5. The minimum Gasteiger partial charge on any atom is -0.192 e. The molecular formula is C19H20N2. The molecule has 106 valence electrons. The molecule has 0 bridgehead atoms. The van der Waals surface area contributed by atoms with Crippen molar-refractivity contribution in [2.24, 2.45) is 0 Å². The van der Waals surface area contributed by atoms with Crippen LogP contribution in [0.2, 0.25) is 0 Å². The maximum absolute atomic E-state index is 8.74. The van der Waals surface area contributed by atoms with Crippen LogP contribution < -0.4 is 0 Å². The molecule has 2 heteroatoms. The van der Waals surface area contributed by atoms with Gasteiger partial charge in [0.15, 0.2) is 0 Å². The zero-order chi connectivity index (χ0) is 16.0. The molecule has 0 unspecified atom stereocenters. The Morgan fingerprint density at radius 3 is 1.38 bits per heavy atom. The Hall–Kier alpha value is -2.58. The van der Waals surface area contributed by atoms with Crippen LogP contribution in [0.4, 0.5) is 0 Å². The SMILES string of the molecule is Cc1cc(C)c(C#N)c(C)c1.Cc1cccc(C)c1C#N. The van der Waals surface area contributed by atoms with Crippen molar-refractivity contribution in [2.45, 2.75) is 34.6 Å². The number of nitrogens with zero attached hydrogens (tertiary/aromatic N) is 2. The van der Waals surface area contributed by atoms with E-state index in [2.05, 4.69) is 12.1 Å². The predicted octanol–water partition coefficient (Wildman–Crippen LogP) is 4.66. The fourth-order valence-corrected chi connectivity index (χ4v) is 2.35. The molecule has 0 aromatic heterocycles. The summed E-state index contributed by atoms with van der Waals surface area (Å²) in [5.74, 6) is 0. The molecule has 0 spiro atoms. The maximum atomic E-state index is 8.74. The molecule has 0 saturated heterocycles. The summed E-state index contributed by atoms with van der Waals surface area (Å²) in [6.07, 6.45) is 0. The number of hydrogen-bond donors (Lipinski definition) is 0. The summed E-state index contributed by atoms with van der Waals surface area (Å²) in [6, 6.07) is 14.3. The minimum absolute atomic E-state index is 0.808. The van der Waals surface area contributed by atoms with Gasteiger partial charge in [-0.3, -0.25) is 0 Å². The van der Waals surface area contributed by atoms with Gasteiger partial charge < -0.3 is 0 Å². The fourth-order valence-electron chi connectivity index (χ4n) is 2.35. The summed E-state index contributed by atoms with van der Waals surface area (Å²) in [5.41, 5.74) is 7.11. The molecule has 0 aliphatic rings. The van der Waals surface area contributed by atoms with Gasteiger partial charge in [0.2, 0.25) is 0 Å². The molecule has 0 heterocycles. The largest absolute Gasteiger partial charge is 0.192 e. The van der Waals surface area contributed by atoms with Gasteiger partial charge in [0, 0.05) is 0 Å². The lowest BCUT2D eigenvalue weighted by atomic mass is 10.0. The van der Waals surface area contributed by atoms with Crippen LogP contribution >= 0.6 is 0 Å². The lowest BCUT2D eigenvalue weighted by Crippen LogP contribution is -1.88. The van der Waals surface area contributed by atoms with Gasteiger partial charge in [-0.1, -0.05) is 35.9 Å².